The molecule has 2 amide bonds. The van der Waals surface area contributed by atoms with Gasteiger partial charge in [0.2, 0.25) is 11.8 Å². The summed E-state index contributed by atoms with van der Waals surface area (Å²) in [6, 6.07) is 12.9. The number of halogens is 1. The summed E-state index contributed by atoms with van der Waals surface area (Å²) in [5, 5.41) is 13.5. The molecule has 10 heteroatoms. The maximum absolute atomic E-state index is 13.4. The Morgan fingerprint density at radius 3 is 2.54 bits per heavy atom. The minimum atomic E-state index is -0.543. The molecule has 0 spiro atoms. The number of carbonyl (C=O) groups excluding carboxylic acids is 2. The van der Waals surface area contributed by atoms with Gasteiger partial charge in [-0.25, -0.2) is 0 Å². The Kier molecular flexibility index (Phi) is 6.35. The highest BCUT2D eigenvalue weighted by Gasteiger charge is 2.32. The number of amides is 2. The number of carbonyl (C=O) groups is 2. The van der Waals surface area contributed by atoms with Gasteiger partial charge in [0.05, 0.1) is 12.1 Å². The van der Waals surface area contributed by atoms with Crippen molar-refractivity contribution in [3.63, 3.8) is 0 Å². The molecule has 39 heavy (non-hydrogen) atoms. The fourth-order valence-corrected chi connectivity index (χ4v) is 6.55. The van der Waals surface area contributed by atoms with Gasteiger partial charge in [-0.05, 0) is 61.7 Å². The molecule has 0 saturated carbocycles. The molecule has 2 aliphatic heterocycles. The number of anilines is 1. The van der Waals surface area contributed by atoms with Crippen molar-refractivity contribution >= 4 is 46.2 Å². The van der Waals surface area contributed by atoms with Crippen LogP contribution in [-0.2, 0) is 22.7 Å². The first-order valence-corrected chi connectivity index (χ1v) is 13.9. The van der Waals surface area contributed by atoms with E-state index in [-0.39, 0.29) is 18.2 Å². The fraction of sp³-hybridized carbons (Fsp3) is 0.276. The van der Waals surface area contributed by atoms with E-state index in [4.69, 9.17) is 16.6 Å². The van der Waals surface area contributed by atoms with Crippen LogP contribution in [0.2, 0.25) is 5.02 Å². The van der Waals surface area contributed by atoms with Gasteiger partial charge in [-0.1, -0.05) is 29.8 Å². The van der Waals surface area contributed by atoms with Crippen LogP contribution in [0.4, 0.5) is 5.69 Å². The van der Waals surface area contributed by atoms with Gasteiger partial charge in [0.25, 0.3) is 0 Å². The summed E-state index contributed by atoms with van der Waals surface area (Å²) in [6.45, 7) is 8.84. The zero-order valence-electron chi connectivity index (χ0n) is 22.1. The van der Waals surface area contributed by atoms with E-state index in [1.54, 1.807) is 23.2 Å². The molecule has 1 N–H and O–H groups in total. The molecule has 0 saturated heterocycles. The summed E-state index contributed by atoms with van der Waals surface area (Å²) < 4.78 is 2.04. The Balaban J connectivity index is 1.36. The third-order valence-electron chi connectivity index (χ3n) is 7.39. The second-order valence-corrected chi connectivity index (χ2v) is 11.7. The lowest BCUT2D eigenvalue weighted by Crippen LogP contribution is -2.21. The largest absolute Gasteiger partial charge is 0.334 e. The van der Waals surface area contributed by atoms with Crippen LogP contribution in [0.1, 0.15) is 63.7 Å². The fourth-order valence-electron chi connectivity index (χ4n) is 5.22. The highest BCUT2D eigenvalue weighted by atomic mass is 35.5. The molecule has 0 radical (unpaired) electrons. The Morgan fingerprint density at radius 1 is 1.05 bits per heavy atom. The Hall–Kier alpha value is -3.82. The molecule has 0 aliphatic carbocycles. The number of hydrogen-bond donors (Lipinski definition) is 1. The van der Waals surface area contributed by atoms with E-state index >= 15 is 0 Å². The zero-order valence-corrected chi connectivity index (χ0v) is 23.7. The van der Waals surface area contributed by atoms with Gasteiger partial charge in [-0.3, -0.25) is 19.1 Å². The second kappa shape index (κ2) is 9.73. The van der Waals surface area contributed by atoms with Gasteiger partial charge in [-0.2, -0.15) is 0 Å². The van der Waals surface area contributed by atoms with Crippen LogP contribution in [0.5, 0.6) is 0 Å². The van der Waals surface area contributed by atoms with Gasteiger partial charge in [0.15, 0.2) is 5.82 Å². The molecule has 0 bridgehead atoms. The van der Waals surface area contributed by atoms with Gasteiger partial charge in [0.1, 0.15) is 16.9 Å². The van der Waals surface area contributed by atoms with E-state index in [9.17, 15) is 9.59 Å². The molecular weight excluding hydrogens is 532 g/mol. The molecule has 2 aliphatic rings. The number of thiophene rings is 1. The van der Waals surface area contributed by atoms with Crippen LogP contribution in [0.15, 0.2) is 47.5 Å². The minimum Gasteiger partial charge on any atom is -0.334 e. The molecule has 1 atom stereocenters. The Morgan fingerprint density at radius 2 is 1.79 bits per heavy atom. The van der Waals surface area contributed by atoms with Gasteiger partial charge >= 0.3 is 0 Å². The number of fused-ring (bicyclic) bond motifs is 4. The molecule has 8 nitrogen and oxygen atoms in total. The molecular formula is C29H27ClN6O2S. The molecule has 198 valence electrons. The maximum atomic E-state index is 13.4. The summed E-state index contributed by atoms with van der Waals surface area (Å²) in [7, 11) is 0. The number of nitrogens with one attached hydrogen (secondary N) is 1. The lowest BCUT2D eigenvalue weighted by Gasteiger charge is -2.13. The highest BCUT2D eigenvalue weighted by Crippen LogP contribution is 2.39. The second-order valence-electron chi connectivity index (χ2n) is 10.0. The smallest absolute Gasteiger partial charge is 0.227 e. The number of rotatable bonds is 4. The van der Waals surface area contributed by atoms with Gasteiger partial charge in [0, 0.05) is 46.7 Å². The first-order chi connectivity index (χ1) is 18.7. The molecule has 0 unspecified atom stereocenters. The summed E-state index contributed by atoms with van der Waals surface area (Å²) in [5.74, 6) is 1.25. The summed E-state index contributed by atoms with van der Waals surface area (Å²) in [5.41, 5.74) is 6.76. The normalized spacial score (nSPS) is 15.8. The van der Waals surface area contributed by atoms with Gasteiger partial charge in [-0.15, -0.1) is 21.5 Å². The van der Waals surface area contributed by atoms with Crippen molar-refractivity contribution in [2.24, 2.45) is 4.99 Å². The predicted octanol–water partition coefficient (Wildman–Crippen LogP) is 5.69. The highest BCUT2D eigenvalue weighted by molar-refractivity contribution is 7.15. The van der Waals surface area contributed by atoms with E-state index in [2.05, 4.69) is 29.4 Å². The standard InChI is InChI=1S/C29H27ClN6O2S/c1-15-16(2)39-29-26(15)27(19-5-8-22(30)9-6-19)32-24(28-34-33-17(3)36(28)29)12-25(38)31-23-10-7-20-13-35(18(4)37)14-21(20)11-23/h5-11,24H,12-14H2,1-4H3,(H,31,38)/t24-/m0/s1. The van der Waals surface area contributed by atoms with E-state index in [0.717, 1.165) is 44.4 Å². The van der Waals surface area contributed by atoms with Crippen LogP contribution in [-0.4, -0.2) is 37.2 Å². The van der Waals surface area contributed by atoms with Crippen molar-refractivity contribution < 1.29 is 9.59 Å². The number of hydrogen-bond acceptors (Lipinski definition) is 6. The van der Waals surface area contributed by atoms with E-state index in [1.807, 2.05) is 54.0 Å². The monoisotopic (exact) mass is 558 g/mol. The van der Waals surface area contributed by atoms with Crippen molar-refractivity contribution in [2.45, 2.75) is 53.2 Å². The van der Waals surface area contributed by atoms with E-state index in [0.29, 0.717) is 29.6 Å². The number of aryl methyl sites for hydroxylation is 2. The van der Waals surface area contributed by atoms with Crippen LogP contribution in [0.25, 0.3) is 5.00 Å². The van der Waals surface area contributed by atoms with Crippen molar-refractivity contribution in [3.05, 3.63) is 91.8 Å². The summed E-state index contributed by atoms with van der Waals surface area (Å²) >= 11 is 7.87. The Bertz CT molecular complexity index is 1670. The number of benzene rings is 2. The predicted molar refractivity (Wildman–Crippen MR) is 153 cm³/mol. The zero-order chi connectivity index (χ0) is 27.4. The molecule has 2 aromatic heterocycles. The van der Waals surface area contributed by atoms with Crippen molar-refractivity contribution in [1.82, 2.24) is 19.7 Å². The average Bonchev–Trinajstić information content (AvgIpc) is 3.55. The van der Waals surface area contributed by atoms with Crippen molar-refractivity contribution in [3.8, 4) is 5.00 Å². The Labute approximate surface area is 235 Å². The topological polar surface area (TPSA) is 92.5 Å². The maximum Gasteiger partial charge on any atom is 0.227 e. The lowest BCUT2D eigenvalue weighted by atomic mass is 9.99. The third kappa shape index (κ3) is 4.55. The SMILES string of the molecule is CC(=O)N1Cc2ccc(NC(=O)C[C@@H]3N=C(c4ccc(Cl)cc4)c4c(sc(C)c4C)-n4c(C)nnc43)cc2C1. The first kappa shape index (κ1) is 25.5. The van der Waals surface area contributed by atoms with Crippen molar-refractivity contribution in [1.29, 1.82) is 0 Å². The quantitative estimate of drug-likeness (QED) is 0.348. The number of nitrogens with zero attached hydrogens (tertiary/aromatic N) is 5. The number of aliphatic imine (C=N–C) groups is 1. The van der Waals surface area contributed by atoms with Crippen LogP contribution in [0.3, 0.4) is 0 Å². The number of aromatic nitrogens is 3. The average molecular weight is 559 g/mol. The minimum absolute atomic E-state index is 0.0397. The molecule has 6 rings (SSSR count). The van der Waals surface area contributed by atoms with Gasteiger partial charge < -0.3 is 10.2 Å². The van der Waals surface area contributed by atoms with E-state index < -0.39 is 6.04 Å². The first-order valence-electron chi connectivity index (χ1n) is 12.7. The summed E-state index contributed by atoms with van der Waals surface area (Å²) in [6.07, 6.45) is 0.0961. The third-order valence-corrected chi connectivity index (χ3v) is 8.84. The van der Waals surface area contributed by atoms with E-state index in [1.165, 1.54) is 4.88 Å². The lowest BCUT2D eigenvalue weighted by molar-refractivity contribution is -0.129. The molecule has 4 aromatic rings. The van der Waals surface area contributed by atoms with Crippen LogP contribution >= 0.6 is 22.9 Å². The van der Waals surface area contributed by atoms with Crippen LogP contribution < -0.4 is 5.32 Å². The molecule has 4 heterocycles. The molecule has 2 aromatic carbocycles. The molecule has 0 fully saturated rings. The van der Waals surface area contributed by atoms with Crippen LogP contribution in [0, 0.1) is 20.8 Å². The van der Waals surface area contributed by atoms with Crippen molar-refractivity contribution in [2.75, 3.05) is 5.32 Å². The summed E-state index contributed by atoms with van der Waals surface area (Å²) in [4.78, 5) is 33.3.